The second-order valence-electron chi connectivity index (χ2n) is 4.83. The van der Waals surface area contributed by atoms with Gasteiger partial charge in [-0.25, -0.2) is 0 Å². The molecule has 2 rings (SSSR count). The van der Waals surface area contributed by atoms with E-state index < -0.39 is 10.8 Å². The van der Waals surface area contributed by atoms with Crippen LogP contribution in [-0.4, -0.2) is 28.5 Å². The minimum Gasteiger partial charge on any atom is -0.396 e. The van der Waals surface area contributed by atoms with Gasteiger partial charge in [-0.15, -0.1) is 0 Å². The lowest BCUT2D eigenvalue weighted by Gasteiger charge is -2.07. The average Bonchev–Trinajstić information content (AvgIpc) is 2.56. The monoisotopic (exact) mass is 329 g/mol. The minimum absolute atomic E-state index is 0.0140. The van der Waals surface area contributed by atoms with Gasteiger partial charge in [0.25, 0.3) is 11.6 Å². The first-order valence-corrected chi connectivity index (χ1v) is 7.07. The molecule has 0 bridgehead atoms. The molecule has 0 saturated carbocycles. The maximum absolute atomic E-state index is 12.2. The van der Waals surface area contributed by atoms with Gasteiger partial charge in [0.15, 0.2) is 0 Å². The van der Waals surface area contributed by atoms with Crippen molar-refractivity contribution < 1.29 is 19.6 Å². The van der Waals surface area contributed by atoms with Crippen LogP contribution >= 0.6 is 0 Å². The molecule has 24 heavy (non-hydrogen) atoms. The van der Waals surface area contributed by atoms with E-state index in [1.807, 2.05) is 0 Å². The van der Waals surface area contributed by atoms with Crippen LogP contribution in [-0.2, 0) is 4.79 Å². The van der Waals surface area contributed by atoms with Crippen LogP contribution in [0.15, 0.2) is 48.5 Å². The Morgan fingerprint density at radius 2 is 1.71 bits per heavy atom. The number of nitro benzene ring substituents is 1. The fraction of sp³-hybridized carbons (Fsp3) is 0.125. The van der Waals surface area contributed by atoms with Gasteiger partial charge in [0.05, 0.1) is 18.0 Å². The van der Waals surface area contributed by atoms with Gasteiger partial charge in [0, 0.05) is 17.3 Å². The molecule has 0 aromatic heterocycles. The lowest BCUT2D eigenvalue weighted by molar-refractivity contribution is -0.383. The van der Waals surface area contributed by atoms with Crippen molar-refractivity contribution in [3.05, 3.63) is 64.2 Å². The van der Waals surface area contributed by atoms with Gasteiger partial charge in [-0.3, -0.25) is 19.7 Å². The van der Waals surface area contributed by atoms with Crippen molar-refractivity contribution in [3.8, 4) is 0 Å². The fourth-order valence-electron chi connectivity index (χ4n) is 1.96. The van der Waals surface area contributed by atoms with E-state index in [1.165, 1.54) is 42.5 Å². The summed E-state index contributed by atoms with van der Waals surface area (Å²) in [5, 5.41) is 24.7. The Morgan fingerprint density at radius 1 is 1.04 bits per heavy atom. The van der Waals surface area contributed by atoms with Gasteiger partial charge in [0.2, 0.25) is 5.91 Å². The molecule has 0 aliphatic rings. The third kappa shape index (κ3) is 4.37. The van der Waals surface area contributed by atoms with E-state index in [1.54, 1.807) is 6.07 Å². The fourth-order valence-corrected chi connectivity index (χ4v) is 1.96. The first-order valence-electron chi connectivity index (χ1n) is 7.07. The molecule has 0 spiro atoms. The van der Waals surface area contributed by atoms with Crippen LogP contribution in [0.2, 0.25) is 0 Å². The highest BCUT2D eigenvalue weighted by atomic mass is 16.6. The molecule has 0 fully saturated rings. The summed E-state index contributed by atoms with van der Waals surface area (Å²) in [7, 11) is 0. The summed E-state index contributed by atoms with van der Waals surface area (Å²) in [6.45, 7) is -0.248. The molecule has 0 aliphatic heterocycles. The number of rotatable bonds is 6. The summed E-state index contributed by atoms with van der Waals surface area (Å²) in [6, 6.07) is 11.9. The Labute approximate surface area is 137 Å². The van der Waals surface area contributed by atoms with Crippen molar-refractivity contribution in [1.29, 1.82) is 0 Å². The van der Waals surface area contributed by atoms with Crippen LogP contribution in [0.4, 0.5) is 17.1 Å². The molecule has 2 amide bonds. The maximum Gasteiger partial charge on any atom is 0.292 e. The number of aliphatic hydroxyl groups is 1. The number of para-hydroxylation sites is 2. The maximum atomic E-state index is 12.2. The number of aliphatic hydroxyl groups excluding tert-OH is 1. The summed E-state index contributed by atoms with van der Waals surface area (Å²) in [6.07, 6.45) is -0.0140. The molecule has 0 saturated heterocycles. The molecule has 0 unspecified atom stereocenters. The Morgan fingerprint density at radius 3 is 2.33 bits per heavy atom. The van der Waals surface area contributed by atoms with Crippen molar-refractivity contribution >= 4 is 28.9 Å². The average molecular weight is 329 g/mol. The number of nitrogens with zero attached hydrogens (tertiary/aromatic N) is 1. The van der Waals surface area contributed by atoms with Crippen LogP contribution in [0, 0.1) is 10.1 Å². The first-order chi connectivity index (χ1) is 11.5. The van der Waals surface area contributed by atoms with E-state index >= 15 is 0 Å². The van der Waals surface area contributed by atoms with Crippen LogP contribution in [0.1, 0.15) is 16.8 Å². The number of carbonyl (C=O) groups excluding carboxylic acids is 2. The van der Waals surface area contributed by atoms with Gasteiger partial charge in [-0.05, 0) is 30.3 Å². The SMILES string of the molecule is O=C(CCO)Nc1ccc(C(=O)Nc2ccccc2[N+](=O)[O-])cc1. The topological polar surface area (TPSA) is 122 Å². The number of anilines is 2. The Balaban J connectivity index is 2.08. The first kappa shape index (κ1) is 17.1. The van der Waals surface area contributed by atoms with E-state index in [4.69, 9.17) is 5.11 Å². The Kier molecular flexibility index (Phi) is 5.58. The molecule has 2 aromatic carbocycles. The number of nitrogens with one attached hydrogen (secondary N) is 2. The summed E-state index contributed by atoms with van der Waals surface area (Å²) in [5.41, 5.74) is 0.676. The molecule has 3 N–H and O–H groups in total. The predicted octanol–water partition coefficient (Wildman–Crippen LogP) is 2.17. The standard InChI is InChI=1S/C16H15N3O5/c20-10-9-15(21)17-12-7-5-11(6-8-12)16(22)18-13-3-1-2-4-14(13)19(23)24/h1-8,20H,9-10H2,(H,17,21)(H,18,22). The number of benzene rings is 2. The van der Waals surface area contributed by atoms with E-state index in [0.717, 1.165) is 0 Å². The Bertz CT molecular complexity index is 759. The van der Waals surface area contributed by atoms with Gasteiger partial charge < -0.3 is 15.7 Å². The quantitative estimate of drug-likeness (QED) is 0.554. The van der Waals surface area contributed by atoms with Crippen molar-refractivity contribution in [2.24, 2.45) is 0 Å². The van der Waals surface area contributed by atoms with Crippen LogP contribution in [0.3, 0.4) is 0 Å². The van der Waals surface area contributed by atoms with Crippen molar-refractivity contribution in [2.45, 2.75) is 6.42 Å². The lowest BCUT2D eigenvalue weighted by atomic mass is 10.1. The van der Waals surface area contributed by atoms with Crippen molar-refractivity contribution in [1.82, 2.24) is 0 Å². The second-order valence-corrected chi connectivity index (χ2v) is 4.83. The van der Waals surface area contributed by atoms with Crippen molar-refractivity contribution in [3.63, 3.8) is 0 Å². The lowest BCUT2D eigenvalue weighted by Crippen LogP contribution is -2.14. The van der Waals surface area contributed by atoms with Crippen LogP contribution < -0.4 is 10.6 Å². The molecule has 124 valence electrons. The Hall–Kier alpha value is -3.26. The smallest absolute Gasteiger partial charge is 0.292 e. The van der Waals surface area contributed by atoms with Gasteiger partial charge in [-0.2, -0.15) is 0 Å². The van der Waals surface area contributed by atoms with Gasteiger partial charge >= 0.3 is 0 Å². The molecule has 0 atom stereocenters. The molecule has 0 radical (unpaired) electrons. The number of amides is 2. The van der Waals surface area contributed by atoms with Crippen LogP contribution in [0.25, 0.3) is 0 Å². The van der Waals surface area contributed by atoms with Gasteiger partial charge in [0.1, 0.15) is 5.69 Å². The van der Waals surface area contributed by atoms with E-state index in [-0.39, 0.29) is 35.9 Å². The molecular weight excluding hydrogens is 314 g/mol. The predicted molar refractivity (Wildman–Crippen MR) is 87.8 cm³/mol. The summed E-state index contributed by atoms with van der Waals surface area (Å²) >= 11 is 0. The zero-order valence-electron chi connectivity index (χ0n) is 12.6. The normalized spacial score (nSPS) is 10.0. The highest BCUT2D eigenvalue weighted by Gasteiger charge is 2.15. The van der Waals surface area contributed by atoms with Gasteiger partial charge in [-0.1, -0.05) is 12.1 Å². The molecule has 8 nitrogen and oxygen atoms in total. The summed E-state index contributed by atoms with van der Waals surface area (Å²) < 4.78 is 0. The van der Waals surface area contributed by atoms with E-state index in [2.05, 4.69) is 10.6 Å². The third-order valence-electron chi connectivity index (χ3n) is 3.12. The highest BCUT2D eigenvalue weighted by molar-refractivity contribution is 6.05. The highest BCUT2D eigenvalue weighted by Crippen LogP contribution is 2.24. The van der Waals surface area contributed by atoms with E-state index in [9.17, 15) is 19.7 Å². The largest absolute Gasteiger partial charge is 0.396 e. The number of nitro groups is 1. The number of carbonyl (C=O) groups is 2. The molecule has 8 heteroatoms. The summed E-state index contributed by atoms with van der Waals surface area (Å²) in [4.78, 5) is 33.9. The van der Waals surface area contributed by atoms with Crippen LogP contribution in [0.5, 0.6) is 0 Å². The van der Waals surface area contributed by atoms with Crippen molar-refractivity contribution in [2.75, 3.05) is 17.2 Å². The third-order valence-corrected chi connectivity index (χ3v) is 3.12. The molecular formula is C16H15N3O5. The molecule has 0 aliphatic carbocycles. The number of hydrogen-bond donors (Lipinski definition) is 3. The zero-order chi connectivity index (χ0) is 17.5. The molecule has 0 heterocycles. The second kappa shape index (κ2) is 7.84. The van der Waals surface area contributed by atoms with E-state index in [0.29, 0.717) is 5.69 Å². The molecule has 2 aromatic rings. The minimum atomic E-state index is -0.574. The zero-order valence-corrected chi connectivity index (χ0v) is 12.6. The summed E-state index contributed by atoms with van der Waals surface area (Å²) in [5.74, 6) is -0.841. The number of hydrogen-bond acceptors (Lipinski definition) is 5.